The first kappa shape index (κ1) is 13.1. The minimum atomic E-state index is 0.227. The van der Waals surface area contributed by atoms with Gasteiger partial charge in [0.25, 0.3) is 0 Å². The summed E-state index contributed by atoms with van der Waals surface area (Å²) >= 11 is 6.13. The lowest BCUT2D eigenvalue weighted by atomic mass is 10.2. The molecule has 0 saturated heterocycles. The van der Waals surface area contributed by atoms with Gasteiger partial charge in [0.2, 0.25) is 6.79 Å². The average molecular weight is 292 g/mol. The van der Waals surface area contributed by atoms with Crippen LogP contribution >= 0.6 is 11.6 Å². The predicted molar refractivity (Wildman–Crippen MR) is 74.9 cm³/mol. The molecule has 1 aliphatic rings. The Labute approximate surface area is 121 Å². The van der Waals surface area contributed by atoms with Gasteiger partial charge in [-0.25, -0.2) is 0 Å². The zero-order valence-corrected chi connectivity index (χ0v) is 11.8. The number of aromatic nitrogens is 2. The molecule has 0 amide bonds. The quantitative estimate of drug-likeness (QED) is 0.938. The second kappa shape index (κ2) is 5.64. The molecule has 104 valence electrons. The summed E-state index contributed by atoms with van der Waals surface area (Å²) in [4.78, 5) is 8.50. The molecule has 0 aliphatic carbocycles. The number of hydrogen-bond acceptors (Lipinski definition) is 5. The number of nitrogens with one attached hydrogen (secondary N) is 1. The van der Waals surface area contributed by atoms with Crippen LogP contribution < -0.4 is 14.8 Å². The van der Waals surface area contributed by atoms with Gasteiger partial charge >= 0.3 is 0 Å². The Hall–Kier alpha value is -1.85. The third kappa shape index (κ3) is 2.84. The predicted octanol–water partition coefficient (Wildman–Crippen LogP) is 2.46. The van der Waals surface area contributed by atoms with Crippen molar-refractivity contribution in [2.75, 3.05) is 6.79 Å². The van der Waals surface area contributed by atoms with Crippen molar-refractivity contribution in [3.05, 3.63) is 46.5 Å². The molecule has 0 unspecified atom stereocenters. The third-order valence-electron chi connectivity index (χ3n) is 2.96. The number of nitrogens with zero attached hydrogens (tertiary/aromatic N) is 2. The highest BCUT2D eigenvalue weighted by Crippen LogP contribution is 2.39. The Morgan fingerprint density at radius 2 is 2.10 bits per heavy atom. The van der Waals surface area contributed by atoms with Crippen LogP contribution in [0.2, 0.25) is 5.02 Å². The summed E-state index contributed by atoms with van der Waals surface area (Å²) in [6.07, 6.45) is 3.53. The number of benzene rings is 1. The van der Waals surface area contributed by atoms with Gasteiger partial charge in [-0.3, -0.25) is 9.97 Å². The molecule has 0 radical (unpaired) electrons. The molecular weight excluding hydrogens is 278 g/mol. The zero-order chi connectivity index (χ0) is 13.9. The Morgan fingerprint density at radius 1 is 1.20 bits per heavy atom. The fourth-order valence-corrected chi connectivity index (χ4v) is 2.26. The van der Waals surface area contributed by atoms with Crippen LogP contribution in [0.1, 0.15) is 17.0 Å². The molecule has 1 N–H and O–H groups in total. The van der Waals surface area contributed by atoms with E-state index in [4.69, 9.17) is 21.1 Å². The van der Waals surface area contributed by atoms with E-state index in [-0.39, 0.29) is 6.79 Å². The van der Waals surface area contributed by atoms with Crippen molar-refractivity contribution >= 4 is 11.6 Å². The van der Waals surface area contributed by atoms with Gasteiger partial charge in [0.15, 0.2) is 11.5 Å². The fourth-order valence-electron chi connectivity index (χ4n) is 1.97. The second-order valence-corrected chi connectivity index (χ2v) is 4.97. The largest absolute Gasteiger partial charge is 0.454 e. The van der Waals surface area contributed by atoms with Crippen LogP contribution in [0, 0.1) is 6.92 Å². The number of aryl methyl sites for hydroxylation is 1. The maximum atomic E-state index is 6.13. The maximum Gasteiger partial charge on any atom is 0.231 e. The molecular formula is C14H14ClN3O2. The van der Waals surface area contributed by atoms with Crippen molar-refractivity contribution in [2.45, 2.75) is 20.0 Å². The first-order valence-electron chi connectivity index (χ1n) is 6.28. The number of rotatable bonds is 4. The molecule has 0 bridgehead atoms. The zero-order valence-electron chi connectivity index (χ0n) is 11.0. The minimum Gasteiger partial charge on any atom is -0.454 e. The summed E-state index contributed by atoms with van der Waals surface area (Å²) in [6.45, 7) is 3.47. The van der Waals surface area contributed by atoms with Crippen LogP contribution in [-0.4, -0.2) is 16.8 Å². The fraction of sp³-hybridized carbons (Fsp3) is 0.286. The number of hydrogen-bond donors (Lipinski definition) is 1. The first-order chi connectivity index (χ1) is 9.72. The molecule has 20 heavy (non-hydrogen) atoms. The van der Waals surface area contributed by atoms with Gasteiger partial charge in [-0.1, -0.05) is 11.6 Å². The van der Waals surface area contributed by atoms with Gasteiger partial charge < -0.3 is 14.8 Å². The smallest absolute Gasteiger partial charge is 0.231 e. The summed E-state index contributed by atoms with van der Waals surface area (Å²) in [5.74, 6) is 1.32. The van der Waals surface area contributed by atoms with Crippen molar-refractivity contribution in [1.82, 2.24) is 15.3 Å². The van der Waals surface area contributed by atoms with Crippen LogP contribution in [0.3, 0.4) is 0 Å². The Kier molecular flexibility index (Phi) is 3.71. The number of fused-ring (bicyclic) bond motifs is 1. The van der Waals surface area contributed by atoms with Crippen LogP contribution in [0.15, 0.2) is 24.5 Å². The van der Waals surface area contributed by atoms with Crippen molar-refractivity contribution in [3.63, 3.8) is 0 Å². The molecule has 2 aromatic rings. The Balaban J connectivity index is 1.61. The van der Waals surface area contributed by atoms with Gasteiger partial charge in [0.05, 0.1) is 16.4 Å². The SMILES string of the molecule is Cc1cnc(CNCc2cc(Cl)c3c(c2)OCO3)cn1. The summed E-state index contributed by atoms with van der Waals surface area (Å²) in [5, 5.41) is 3.87. The summed E-state index contributed by atoms with van der Waals surface area (Å²) < 4.78 is 10.6. The molecule has 1 aromatic heterocycles. The first-order valence-corrected chi connectivity index (χ1v) is 6.66. The molecule has 3 rings (SSSR count). The highest BCUT2D eigenvalue weighted by Gasteiger charge is 2.17. The molecule has 1 aliphatic heterocycles. The molecule has 0 spiro atoms. The van der Waals surface area contributed by atoms with Crippen LogP contribution in [0.25, 0.3) is 0 Å². The van der Waals surface area contributed by atoms with E-state index in [1.54, 1.807) is 12.4 Å². The van der Waals surface area contributed by atoms with Crippen LogP contribution in [0.5, 0.6) is 11.5 Å². The van der Waals surface area contributed by atoms with Gasteiger partial charge in [-0.05, 0) is 24.6 Å². The molecule has 5 nitrogen and oxygen atoms in total. The van der Waals surface area contributed by atoms with E-state index in [0.717, 1.165) is 17.0 Å². The summed E-state index contributed by atoms with van der Waals surface area (Å²) in [7, 11) is 0. The van der Waals surface area contributed by atoms with E-state index in [1.807, 2.05) is 19.1 Å². The number of halogens is 1. The van der Waals surface area contributed by atoms with Crippen molar-refractivity contribution in [2.24, 2.45) is 0 Å². The lowest BCUT2D eigenvalue weighted by Gasteiger charge is -2.07. The average Bonchev–Trinajstić information content (AvgIpc) is 2.90. The topological polar surface area (TPSA) is 56.3 Å². The molecule has 0 saturated carbocycles. The van der Waals surface area contributed by atoms with Crippen LogP contribution in [-0.2, 0) is 13.1 Å². The van der Waals surface area contributed by atoms with Crippen molar-refractivity contribution in [1.29, 1.82) is 0 Å². The maximum absolute atomic E-state index is 6.13. The molecule has 6 heteroatoms. The molecule has 1 aromatic carbocycles. The van der Waals surface area contributed by atoms with Gasteiger partial charge in [-0.15, -0.1) is 0 Å². The van der Waals surface area contributed by atoms with E-state index in [2.05, 4.69) is 15.3 Å². The molecule has 0 fully saturated rings. The van der Waals surface area contributed by atoms with Crippen molar-refractivity contribution < 1.29 is 9.47 Å². The number of ether oxygens (including phenoxy) is 2. The Bertz CT molecular complexity index is 617. The van der Waals surface area contributed by atoms with E-state index in [0.29, 0.717) is 29.6 Å². The lowest BCUT2D eigenvalue weighted by molar-refractivity contribution is 0.174. The van der Waals surface area contributed by atoms with E-state index in [9.17, 15) is 0 Å². The summed E-state index contributed by atoms with van der Waals surface area (Å²) in [6, 6.07) is 3.81. The normalized spacial score (nSPS) is 12.7. The highest BCUT2D eigenvalue weighted by atomic mass is 35.5. The van der Waals surface area contributed by atoms with E-state index < -0.39 is 0 Å². The summed E-state index contributed by atoms with van der Waals surface area (Å²) in [5.41, 5.74) is 2.86. The second-order valence-electron chi connectivity index (χ2n) is 4.56. The third-order valence-corrected chi connectivity index (χ3v) is 3.24. The standard InChI is InChI=1S/C14H14ClN3O2/c1-9-4-18-11(7-17-9)6-16-5-10-2-12(15)14-13(3-10)19-8-20-14/h2-4,7,16H,5-6,8H2,1H3. The van der Waals surface area contributed by atoms with Crippen molar-refractivity contribution in [3.8, 4) is 11.5 Å². The Morgan fingerprint density at radius 3 is 2.90 bits per heavy atom. The molecule has 0 atom stereocenters. The minimum absolute atomic E-state index is 0.227. The highest BCUT2D eigenvalue weighted by molar-refractivity contribution is 6.32. The van der Waals surface area contributed by atoms with Gasteiger partial charge in [0, 0.05) is 25.5 Å². The lowest BCUT2D eigenvalue weighted by Crippen LogP contribution is -2.14. The van der Waals surface area contributed by atoms with Gasteiger partial charge in [-0.2, -0.15) is 0 Å². The van der Waals surface area contributed by atoms with Crippen LogP contribution in [0.4, 0.5) is 0 Å². The monoisotopic (exact) mass is 291 g/mol. The van der Waals surface area contributed by atoms with E-state index in [1.165, 1.54) is 0 Å². The van der Waals surface area contributed by atoms with E-state index >= 15 is 0 Å². The van der Waals surface area contributed by atoms with Gasteiger partial charge in [0.1, 0.15) is 0 Å². The molecule has 2 heterocycles.